The molecule has 2 aliphatic rings. The zero-order valence-electron chi connectivity index (χ0n) is 10.9. The lowest BCUT2D eigenvalue weighted by atomic mass is 9.90. The third-order valence-electron chi connectivity index (χ3n) is 4.41. The Bertz CT molecular complexity index is 211. The van der Waals surface area contributed by atoms with Crippen LogP contribution in [0.4, 0.5) is 0 Å². The molecular weight excluding hydrogens is 198 g/mol. The minimum Gasteiger partial charge on any atom is -0.328 e. The molecule has 1 atom stereocenters. The van der Waals surface area contributed by atoms with E-state index in [-0.39, 0.29) is 0 Å². The first-order valence-electron chi connectivity index (χ1n) is 6.90. The van der Waals surface area contributed by atoms with E-state index in [2.05, 4.69) is 23.8 Å². The summed E-state index contributed by atoms with van der Waals surface area (Å²) in [6.45, 7) is 6.05. The van der Waals surface area contributed by atoms with Gasteiger partial charge in [-0.1, -0.05) is 6.92 Å². The molecule has 94 valence electrons. The van der Waals surface area contributed by atoms with Crippen LogP contribution in [0.15, 0.2) is 0 Å². The lowest BCUT2D eigenvalue weighted by Crippen LogP contribution is -2.47. The zero-order valence-corrected chi connectivity index (χ0v) is 10.9. The van der Waals surface area contributed by atoms with E-state index in [1.807, 2.05) is 0 Å². The molecule has 0 radical (unpaired) electrons. The Morgan fingerprint density at radius 2 is 1.81 bits per heavy atom. The smallest absolute Gasteiger partial charge is 0.0238 e. The number of hydrogen-bond donors (Lipinski definition) is 1. The van der Waals surface area contributed by atoms with Gasteiger partial charge in [0.15, 0.2) is 0 Å². The van der Waals surface area contributed by atoms with Gasteiger partial charge in [-0.3, -0.25) is 4.90 Å². The van der Waals surface area contributed by atoms with Crippen molar-refractivity contribution in [3.05, 3.63) is 0 Å². The summed E-state index contributed by atoms with van der Waals surface area (Å²) in [5.41, 5.74) is 5.99. The molecule has 0 amide bonds. The monoisotopic (exact) mass is 225 g/mol. The lowest BCUT2D eigenvalue weighted by Gasteiger charge is -2.39. The van der Waals surface area contributed by atoms with Gasteiger partial charge in [0, 0.05) is 24.7 Å². The van der Waals surface area contributed by atoms with Crippen LogP contribution in [0.25, 0.3) is 0 Å². The second kappa shape index (κ2) is 5.48. The summed E-state index contributed by atoms with van der Waals surface area (Å²) in [6, 6.07) is 2.08. The molecule has 1 aliphatic carbocycles. The van der Waals surface area contributed by atoms with Crippen LogP contribution in [0, 0.1) is 0 Å². The molecule has 2 N–H and O–H groups in total. The van der Waals surface area contributed by atoms with Gasteiger partial charge in [-0.25, -0.2) is 0 Å². The summed E-state index contributed by atoms with van der Waals surface area (Å²) in [5, 5.41) is 0. The van der Waals surface area contributed by atoms with Gasteiger partial charge in [0.25, 0.3) is 0 Å². The third-order valence-corrected chi connectivity index (χ3v) is 4.41. The minimum absolute atomic E-state index is 0.473. The standard InChI is InChI=1S/C13H27N3/c1-3-16(13-8-9-15(2)10-13)12-6-4-11(14)5-7-12/h11-13H,3-10,14H2,1-2H3. The summed E-state index contributed by atoms with van der Waals surface area (Å²) in [4.78, 5) is 5.21. The molecule has 2 fully saturated rings. The van der Waals surface area contributed by atoms with Gasteiger partial charge in [0.1, 0.15) is 0 Å². The predicted molar refractivity (Wildman–Crippen MR) is 68.5 cm³/mol. The lowest BCUT2D eigenvalue weighted by molar-refractivity contribution is 0.109. The maximum absolute atomic E-state index is 5.99. The molecule has 1 saturated carbocycles. The summed E-state index contributed by atoms with van der Waals surface area (Å²) in [6.07, 6.45) is 6.44. The van der Waals surface area contributed by atoms with Crippen molar-refractivity contribution in [2.24, 2.45) is 5.73 Å². The van der Waals surface area contributed by atoms with Gasteiger partial charge in [0.05, 0.1) is 0 Å². The van der Waals surface area contributed by atoms with Crippen LogP contribution in [0.5, 0.6) is 0 Å². The van der Waals surface area contributed by atoms with Gasteiger partial charge in [0.2, 0.25) is 0 Å². The fraction of sp³-hybridized carbons (Fsp3) is 1.00. The Hall–Kier alpha value is -0.120. The number of hydrogen-bond acceptors (Lipinski definition) is 3. The van der Waals surface area contributed by atoms with E-state index in [0.717, 1.165) is 12.1 Å². The molecule has 0 spiro atoms. The molecule has 1 heterocycles. The number of likely N-dealkylation sites (N-methyl/N-ethyl adjacent to an activating group) is 2. The van der Waals surface area contributed by atoms with Crippen molar-refractivity contribution < 1.29 is 0 Å². The van der Waals surface area contributed by atoms with Crippen molar-refractivity contribution in [3.8, 4) is 0 Å². The summed E-state index contributed by atoms with van der Waals surface area (Å²) in [7, 11) is 2.24. The number of rotatable bonds is 3. The third kappa shape index (κ3) is 2.76. The first kappa shape index (κ1) is 12.3. The molecule has 0 bridgehead atoms. The highest BCUT2D eigenvalue weighted by Crippen LogP contribution is 2.26. The highest BCUT2D eigenvalue weighted by atomic mass is 15.3. The minimum atomic E-state index is 0.473. The Morgan fingerprint density at radius 1 is 1.12 bits per heavy atom. The van der Waals surface area contributed by atoms with E-state index in [0.29, 0.717) is 6.04 Å². The Balaban J connectivity index is 1.89. The Kier molecular flexibility index (Phi) is 4.22. The summed E-state index contributed by atoms with van der Waals surface area (Å²) >= 11 is 0. The maximum atomic E-state index is 5.99. The second-order valence-corrected chi connectivity index (χ2v) is 5.60. The van der Waals surface area contributed by atoms with Crippen LogP contribution in [-0.2, 0) is 0 Å². The summed E-state index contributed by atoms with van der Waals surface area (Å²) < 4.78 is 0. The van der Waals surface area contributed by atoms with Crippen LogP contribution in [-0.4, -0.2) is 54.6 Å². The van der Waals surface area contributed by atoms with Gasteiger partial charge >= 0.3 is 0 Å². The van der Waals surface area contributed by atoms with Crippen molar-refractivity contribution >= 4 is 0 Å². The molecular formula is C13H27N3. The largest absolute Gasteiger partial charge is 0.328 e. The van der Waals surface area contributed by atoms with Crippen LogP contribution in [0.2, 0.25) is 0 Å². The van der Waals surface area contributed by atoms with Gasteiger partial charge in [-0.05, 0) is 52.2 Å². The molecule has 1 aliphatic heterocycles. The summed E-state index contributed by atoms with van der Waals surface area (Å²) in [5.74, 6) is 0. The molecule has 3 nitrogen and oxygen atoms in total. The van der Waals surface area contributed by atoms with Crippen molar-refractivity contribution in [1.29, 1.82) is 0 Å². The van der Waals surface area contributed by atoms with E-state index in [4.69, 9.17) is 5.73 Å². The second-order valence-electron chi connectivity index (χ2n) is 5.60. The fourth-order valence-electron chi connectivity index (χ4n) is 3.43. The van der Waals surface area contributed by atoms with Crippen LogP contribution in [0.1, 0.15) is 39.0 Å². The zero-order chi connectivity index (χ0) is 11.5. The van der Waals surface area contributed by atoms with E-state index < -0.39 is 0 Å². The molecule has 0 aromatic rings. The quantitative estimate of drug-likeness (QED) is 0.785. The van der Waals surface area contributed by atoms with E-state index in [1.165, 1.54) is 51.7 Å². The van der Waals surface area contributed by atoms with Crippen molar-refractivity contribution in [1.82, 2.24) is 9.80 Å². The molecule has 3 heteroatoms. The van der Waals surface area contributed by atoms with Crippen LogP contribution < -0.4 is 5.73 Å². The van der Waals surface area contributed by atoms with Gasteiger partial charge < -0.3 is 10.6 Å². The molecule has 1 saturated heterocycles. The van der Waals surface area contributed by atoms with Crippen molar-refractivity contribution in [3.63, 3.8) is 0 Å². The molecule has 0 aromatic carbocycles. The fourth-order valence-corrected chi connectivity index (χ4v) is 3.43. The van der Waals surface area contributed by atoms with E-state index >= 15 is 0 Å². The Morgan fingerprint density at radius 3 is 2.31 bits per heavy atom. The molecule has 0 aromatic heterocycles. The van der Waals surface area contributed by atoms with Crippen molar-refractivity contribution in [2.45, 2.75) is 57.2 Å². The normalized spacial score (nSPS) is 37.1. The van der Waals surface area contributed by atoms with Crippen molar-refractivity contribution in [2.75, 3.05) is 26.7 Å². The van der Waals surface area contributed by atoms with Crippen LogP contribution in [0.3, 0.4) is 0 Å². The Labute approximate surface area is 100.0 Å². The average molecular weight is 225 g/mol. The highest BCUT2D eigenvalue weighted by Gasteiger charge is 2.31. The molecule has 2 rings (SSSR count). The molecule has 16 heavy (non-hydrogen) atoms. The first-order chi connectivity index (χ1) is 7.70. The number of likely N-dealkylation sites (tertiary alicyclic amines) is 1. The van der Waals surface area contributed by atoms with E-state index in [1.54, 1.807) is 0 Å². The van der Waals surface area contributed by atoms with Crippen LogP contribution >= 0.6 is 0 Å². The van der Waals surface area contributed by atoms with E-state index in [9.17, 15) is 0 Å². The molecule has 1 unspecified atom stereocenters. The topological polar surface area (TPSA) is 32.5 Å². The SMILES string of the molecule is CCN(C1CCC(N)CC1)C1CCN(C)C1. The number of nitrogens with two attached hydrogens (primary N) is 1. The number of nitrogens with zero attached hydrogens (tertiary/aromatic N) is 2. The maximum Gasteiger partial charge on any atom is 0.0238 e. The van der Waals surface area contributed by atoms with Gasteiger partial charge in [-0.15, -0.1) is 0 Å². The average Bonchev–Trinajstić information content (AvgIpc) is 2.69. The first-order valence-corrected chi connectivity index (χ1v) is 6.90. The predicted octanol–water partition coefficient (Wildman–Crippen LogP) is 1.28. The van der Waals surface area contributed by atoms with Gasteiger partial charge in [-0.2, -0.15) is 0 Å². The highest BCUT2D eigenvalue weighted by molar-refractivity contribution is 4.88.